The summed E-state index contributed by atoms with van der Waals surface area (Å²) in [4.78, 5) is 25.9. The molecule has 8 nitrogen and oxygen atoms in total. The van der Waals surface area contributed by atoms with Gasteiger partial charge in [0.2, 0.25) is 5.91 Å². The summed E-state index contributed by atoms with van der Waals surface area (Å²) < 4.78 is 30.2. The van der Waals surface area contributed by atoms with Crippen LogP contribution in [0.3, 0.4) is 0 Å². The lowest BCUT2D eigenvalue weighted by Crippen LogP contribution is -2.44. The SMILES string of the molecule is COC(=O)NS(=O)(=O)c1ccc(NC(=O)C(C)N2CCCc3cc(Cl)ccc32)cc1. The van der Waals surface area contributed by atoms with Crippen LogP contribution in [-0.4, -0.2) is 40.1 Å². The van der Waals surface area contributed by atoms with Gasteiger partial charge in [0.25, 0.3) is 10.0 Å². The van der Waals surface area contributed by atoms with E-state index in [1.807, 2.05) is 30.0 Å². The van der Waals surface area contributed by atoms with E-state index in [2.05, 4.69) is 10.1 Å². The Balaban J connectivity index is 1.70. The monoisotopic (exact) mass is 451 g/mol. The second-order valence-electron chi connectivity index (χ2n) is 6.86. The van der Waals surface area contributed by atoms with Crippen LogP contribution in [0.2, 0.25) is 5.02 Å². The van der Waals surface area contributed by atoms with Crippen molar-refractivity contribution in [1.82, 2.24) is 4.72 Å². The van der Waals surface area contributed by atoms with Crippen molar-refractivity contribution in [2.24, 2.45) is 0 Å². The third-order valence-corrected chi connectivity index (χ3v) is 6.44. The molecule has 0 fully saturated rings. The molecule has 0 aliphatic carbocycles. The Hall–Kier alpha value is -2.78. The molecule has 3 rings (SSSR count). The number of nitrogens with zero attached hydrogens (tertiary/aromatic N) is 1. The van der Waals surface area contributed by atoms with Gasteiger partial charge in [0, 0.05) is 22.9 Å². The number of anilines is 2. The van der Waals surface area contributed by atoms with Gasteiger partial charge in [0.05, 0.1) is 12.0 Å². The topological polar surface area (TPSA) is 105 Å². The second-order valence-corrected chi connectivity index (χ2v) is 8.98. The van der Waals surface area contributed by atoms with E-state index in [-0.39, 0.29) is 10.8 Å². The third-order valence-electron chi connectivity index (χ3n) is 4.88. The fourth-order valence-corrected chi connectivity index (χ4v) is 4.42. The summed E-state index contributed by atoms with van der Waals surface area (Å²) in [5, 5.41) is 3.47. The molecule has 0 spiro atoms. The zero-order valence-electron chi connectivity index (χ0n) is 16.5. The number of aryl methyl sites for hydroxylation is 1. The summed E-state index contributed by atoms with van der Waals surface area (Å²) in [6, 6.07) is 10.7. The van der Waals surface area contributed by atoms with E-state index in [0.29, 0.717) is 10.7 Å². The zero-order valence-corrected chi connectivity index (χ0v) is 18.1. The van der Waals surface area contributed by atoms with Crippen LogP contribution in [0.1, 0.15) is 18.9 Å². The van der Waals surface area contributed by atoms with E-state index in [9.17, 15) is 18.0 Å². The molecule has 0 radical (unpaired) electrons. The highest BCUT2D eigenvalue weighted by Gasteiger charge is 2.26. The van der Waals surface area contributed by atoms with E-state index in [1.165, 1.54) is 24.3 Å². The van der Waals surface area contributed by atoms with E-state index in [0.717, 1.165) is 37.7 Å². The van der Waals surface area contributed by atoms with Gasteiger partial charge in [-0.1, -0.05) is 11.6 Å². The fraction of sp³-hybridized carbons (Fsp3) is 0.300. The van der Waals surface area contributed by atoms with E-state index in [1.54, 1.807) is 4.72 Å². The van der Waals surface area contributed by atoms with E-state index in [4.69, 9.17) is 11.6 Å². The number of carbonyl (C=O) groups excluding carboxylic acids is 2. The molecule has 1 atom stereocenters. The van der Waals surface area contributed by atoms with Crippen molar-refractivity contribution >= 4 is 45.0 Å². The minimum absolute atomic E-state index is 0.124. The highest BCUT2D eigenvalue weighted by atomic mass is 35.5. The van der Waals surface area contributed by atoms with Gasteiger partial charge < -0.3 is 15.0 Å². The first kappa shape index (κ1) is 21.9. The molecule has 2 aromatic rings. The van der Waals surface area contributed by atoms with Crippen LogP contribution in [-0.2, 0) is 26.0 Å². The molecule has 0 saturated heterocycles. The average molecular weight is 452 g/mol. The minimum Gasteiger partial charge on any atom is -0.452 e. The first-order valence-electron chi connectivity index (χ1n) is 9.28. The Morgan fingerprint density at radius 1 is 1.17 bits per heavy atom. The summed E-state index contributed by atoms with van der Waals surface area (Å²) in [7, 11) is -2.97. The Morgan fingerprint density at radius 3 is 2.53 bits per heavy atom. The molecule has 30 heavy (non-hydrogen) atoms. The Kier molecular flexibility index (Phi) is 6.52. The van der Waals surface area contributed by atoms with Crippen LogP contribution in [0.5, 0.6) is 0 Å². The van der Waals surface area contributed by atoms with E-state index < -0.39 is 22.2 Å². The number of methoxy groups -OCH3 is 1. The third kappa shape index (κ3) is 4.85. The molecule has 0 bridgehead atoms. The Morgan fingerprint density at radius 2 is 1.87 bits per heavy atom. The number of hydrogen-bond donors (Lipinski definition) is 2. The highest BCUT2D eigenvalue weighted by Crippen LogP contribution is 2.31. The lowest BCUT2D eigenvalue weighted by molar-refractivity contribution is -0.117. The largest absolute Gasteiger partial charge is 0.452 e. The molecule has 1 aliphatic rings. The van der Waals surface area contributed by atoms with Crippen molar-refractivity contribution in [1.29, 1.82) is 0 Å². The van der Waals surface area contributed by atoms with Crippen LogP contribution in [0, 0.1) is 0 Å². The Labute approximate surface area is 180 Å². The molecule has 2 aromatic carbocycles. The molecule has 10 heteroatoms. The lowest BCUT2D eigenvalue weighted by Gasteiger charge is -2.35. The smallest absolute Gasteiger partial charge is 0.420 e. The number of carbonyl (C=O) groups is 2. The molecular formula is C20H22ClN3O5S. The van der Waals surface area contributed by atoms with Crippen LogP contribution < -0.4 is 14.9 Å². The molecule has 1 aliphatic heterocycles. The highest BCUT2D eigenvalue weighted by molar-refractivity contribution is 7.90. The van der Waals surface area contributed by atoms with Gasteiger partial charge in [-0.15, -0.1) is 0 Å². The minimum atomic E-state index is -4.04. The average Bonchev–Trinajstić information content (AvgIpc) is 2.72. The van der Waals surface area contributed by atoms with Gasteiger partial charge in [0.1, 0.15) is 6.04 Å². The molecule has 0 saturated carbocycles. The number of rotatable bonds is 5. The van der Waals surface area contributed by atoms with Crippen molar-refractivity contribution in [3.05, 3.63) is 53.1 Å². The normalized spacial score (nSPS) is 14.4. The summed E-state index contributed by atoms with van der Waals surface area (Å²) in [6.07, 6.45) is 0.755. The number of benzene rings is 2. The number of nitrogens with one attached hydrogen (secondary N) is 2. The first-order chi connectivity index (χ1) is 14.2. The van der Waals surface area contributed by atoms with Crippen molar-refractivity contribution in [2.45, 2.75) is 30.7 Å². The standard InChI is InChI=1S/C20H22ClN3O5S/c1-13(24-11-3-4-14-12-15(21)5-10-18(14)24)19(25)22-16-6-8-17(9-7-16)30(27,28)23-20(26)29-2/h5-10,12-13H,3-4,11H2,1-2H3,(H,22,25)(H,23,26). The molecule has 160 valence electrons. The fourth-order valence-electron chi connectivity index (χ4n) is 3.31. The summed E-state index contributed by atoms with van der Waals surface area (Å²) in [5.74, 6) is -0.221. The van der Waals surface area contributed by atoms with Crippen LogP contribution >= 0.6 is 11.6 Å². The molecule has 1 heterocycles. The van der Waals surface area contributed by atoms with Crippen LogP contribution in [0.15, 0.2) is 47.4 Å². The number of sulfonamides is 1. The van der Waals surface area contributed by atoms with Crippen molar-refractivity contribution in [3.8, 4) is 0 Å². The van der Waals surface area contributed by atoms with Gasteiger partial charge in [-0.05, 0) is 67.8 Å². The second kappa shape index (κ2) is 8.93. The number of amides is 2. The summed E-state index contributed by atoms with van der Waals surface area (Å²) >= 11 is 6.08. The van der Waals surface area contributed by atoms with Crippen molar-refractivity contribution < 1.29 is 22.7 Å². The number of halogens is 1. The van der Waals surface area contributed by atoms with Crippen LogP contribution in [0.25, 0.3) is 0 Å². The van der Waals surface area contributed by atoms with E-state index >= 15 is 0 Å². The van der Waals surface area contributed by atoms with Crippen molar-refractivity contribution in [3.63, 3.8) is 0 Å². The maximum atomic E-state index is 12.8. The molecular weight excluding hydrogens is 430 g/mol. The van der Waals surface area contributed by atoms with Gasteiger partial charge in [-0.3, -0.25) is 4.79 Å². The number of hydrogen-bond acceptors (Lipinski definition) is 6. The number of fused-ring (bicyclic) bond motifs is 1. The van der Waals surface area contributed by atoms with Gasteiger partial charge >= 0.3 is 6.09 Å². The number of ether oxygens (including phenoxy) is 1. The summed E-state index contributed by atoms with van der Waals surface area (Å²) in [5.41, 5.74) is 2.54. The van der Waals surface area contributed by atoms with Gasteiger partial charge in [0.15, 0.2) is 0 Å². The maximum Gasteiger partial charge on any atom is 0.420 e. The zero-order chi connectivity index (χ0) is 21.9. The van der Waals surface area contributed by atoms with Crippen molar-refractivity contribution in [2.75, 3.05) is 23.9 Å². The molecule has 2 amide bonds. The predicted molar refractivity (Wildman–Crippen MR) is 114 cm³/mol. The summed E-state index contributed by atoms with van der Waals surface area (Å²) in [6.45, 7) is 2.57. The van der Waals surface area contributed by atoms with Gasteiger partial charge in [-0.2, -0.15) is 0 Å². The quantitative estimate of drug-likeness (QED) is 0.723. The first-order valence-corrected chi connectivity index (χ1v) is 11.1. The molecule has 1 unspecified atom stereocenters. The molecule has 2 N–H and O–H groups in total. The predicted octanol–water partition coefficient (Wildman–Crippen LogP) is 3.16. The molecule has 0 aromatic heterocycles. The Bertz CT molecular complexity index is 1060. The van der Waals surface area contributed by atoms with Gasteiger partial charge in [-0.25, -0.2) is 17.9 Å². The lowest BCUT2D eigenvalue weighted by atomic mass is 10.00. The maximum absolute atomic E-state index is 12.8. The van der Waals surface area contributed by atoms with Crippen LogP contribution in [0.4, 0.5) is 16.2 Å².